The molecule has 0 bridgehead atoms. The van der Waals surface area contributed by atoms with Crippen molar-refractivity contribution in [3.8, 4) is 0 Å². The molecule has 0 fully saturated rings. The van der Waals surface area contributed by atoms with Gasteiger partial charge >= 0.3 is 0 Å². The second-order valence-electron chi connectivity index (χ2n) is 4.39. The normalized spacial score (nSPS) is 14.6. The first-order valence-corrected chi connectivity index (χ1v) is 6.33. The monoisotopic (exact) mass is 286 g/mol. The average Bonchev–Trinajstić information content (AvgIpc) is 2.20. The van der Waals surface area contributed by atoms with Gasteiger partial charge in [-0.2, -0.15) is 0 Å². The molecule has 1 heterocycles. The highest BCUT2D eigenvalue weighted by molar-refractivity contribution is 9.10. The Labute approximate surface area is 105 Å². The number of pyridine rings is 1. The predicted octanol–water partition coefficient (Wildman–Crippen LogP) is 3.12. The van der Waals surface area contributed by atoms with Gasteiger partial charge in [0, 0.05) is 12.7 Å². The molecule has 16 heavy (non-hydrogen) atoms. The summed E-state index contributed by atoms with van der Waals surface area (Å²) in [6.45, 7) is 6.43. The molecule has 2 N–H and O–H groups in total. The zero-order valence-corrected chi connectivity index (χ0v) is 11.6. The van der Waals surface area contributed by atoms with Crippen LogP contribution in [-0.4, -0.2) is 22.2 Å². The zero-order valence-electron chi connectivity index (χ0n) is 10.0. The lowest BCUT2D eigenvalue weighted by molar-refractivity contribution is 0.0636. The minimum Gasteiger partial charge on any atom is -0.388 e. The van der Waals surface area contributed by atoms with E-state index in [1.165, 1.54) is 0 Å². The highest BCUT2D eigenvalue weighted by atomic mass is 79.9. The molecule has 0 saturated carbocycles. The Bertz CT molecular complexity index is 353. The second-order valence-corrected chi connectivity index (χ2v) is 5.18. The maximum Gasteiger partial charge on any atom is 0.140 e. The number of aliphatic hydroxyl groups is 1. The van der Waals surface area contributed by atoms with E-state index in [0.29, 0.717) is 6.54 Å². The van der Waals surface area contributed by atoms with Gasteiger partial charge in [-0.05, 0) is 47.8 Å². The summed E-state index contributed by atoms with van der Waals surface area (Å²) in [7, 11) is 0. The van der Waals surface area contributed by atoms with E-state index in [4.69, 9.17) is 0 Å². The molecular weight excluding hydrogens is 268 g/mol. The van der Waals surface area contributed by atoms with Crippen molar-refractivity contribution in [3.05, 3.63) is 22.3 Å². The first-order valence-electron chi connectivity index (χ1n) is 5.53. The Hall–Kier alpha value is -0.610. The zero-order chi connectivity index (χ0) is 12.2. The van der Waals surface area contributed by atoms with Crippen LogP contribution >= 0.6 is 15.9 Å². The molecule has 1 atom stereocenters. The summed E-state index contributed by atoms with van der Waals surface area (Å²) in [5.41, 5.74) is 0.451. The number of aromatic nitrogens is 1. The lowest BCUT2D eigenvalue weighted by Crippen LogP contribution is -2.33. The molecule has 3 nitrogen and oxygen atoms in total. The van der Waals surface area contributed by atoms with Crippen LogP contribution in [0.25, 0.3) is 0 Å². The minimum absolute atomic E-state index is 0.510. The van der Waals surface area contributed by atoms with E-state index in [1.54, 1.807) is 6.20 Å². The smallest absolute Gasteiger partial charge is 0.140 e. The van der Waals surface area contributed by atoms with Gasteiger partial charge in [0.05, 0.1) is 10.1 Å². The number of aryl methyl sites for hydroxylation is 1. The summed E-state index contributed by atoms with van der Waals surface area (Å²) in [6.07, 6.45) is 3.51. The summed E-state index contributed by atoms with van der Waals surface area (Å²) in [5, 5.41) is 13.2. The topological polar surface area (TPSA) is 45.1 Å². The maximum absolute atomic E-state index is 10.0. The maximum atomic E-state index is 10.0. The molecule has 0 aliphatic heterocycles. The van der Waals surface area contributed by atoms with E-state index in [2.05, 4.69) is 33.2 Å². The van der Waals surface area contributed by atoms with E-state index < -0.39 is 5.60 Å². The third kappa shape index (κ3) is 3.76. The Morgan fingerprint density at radius 3 is 2.88 bits per heavy atom. The van der Waals surface area contributed by atoms with Crippen LogP contribution in [0.2, 0.25) is 0 Å². The Balaban J connectivity index is 2.64. The summed E-state index contributed by atoms with van der Waals surface area (Å²) >= 11 is 3.48. The molecule has 0 radical (unpaired) electrons. The van der Waals surface area contributed by atoms with Gasteiger partial charge < -0.3 is 10.4 Å². The van der Waals surface area contributed by atoms with Crippen LogP contribution in [0.1, 0.15) is 32.3 Å². The van der Waals surface area contributed by atoms with E-state index in [0.717, 1.165) is 28.7 Å². The molecule has 1 aromatic heterocycles. The fourth-order valence-corrected chi connectivity index (χ4v) is 1.94. The molecule has 0 aliphatic carbocycles. The van der Waals surface area contributed by atoms with Crippen LogP contribution in [-0.2, 0) is 0 Å². The van der Waals surface area contributed by atoms with Crippen molar-refractivity contribution in [2.24, 2.45) is 0 Å². The van der Waals surface area contributed by atoms with Crippen molar-refractivity contribution in [1.82, 2.24) is 4.98 Å². The summed E-state index contributed by atoms with van der Waals surface area (Å²) < 4.78 is 0.960. The van der Waals surface area contributed by atoms with Crippen LogP contribution in [0.4, 0.5) is 5.82 Å². The lowest BCUT2D eigenvalue weighted by atomic mass is 10.0. The predicted molar refractivity (Wildman–Crippen MR) is 70.7 cm³/mol. The quantitative estimate of drug-likeness (QED) is 0.874. The standard InChI is InChI=1S/C12H19BrN2O/c1-4-6-12(3,16)8-15-11-10(13)9(2)5-7-14-11/h5,7,16H,4,6,8H2,1-3H3,(H,14,15). The van der Waals surface area contributed by atoms with Gasteiger partial charge in [-0.15, -0.1) is 0 Å². The molecule has 1 rings (SSSR count). The number of rotatable bonds is 5. The highest BCUT2D eigenvalue weighted by Crippen LogP contribution is 2.24. The molecular formula is C12H19BrN2O. The van der Waals surface area contributed by atoms with Crippen LogP contribution in [0, 0.1) is 6.92 Å². The largest absolute Gasteiger partial charge is 0.388 e. The molecule has 0 aromatic carbocycles. The molecule has 0 amide bonds. The average molecular weight is 287 g/mol. The lowest BCUT2D eigenvalue weighted by Gasteiger charge is -2.23. The number of nitrogens with one attached hydrogen (secondary N) is 1. The van der Waals surface area contributed by atoms with E-state index in [-0.39, 0.29) is 0 Å². The van der Waals surface area contributed by atoms with Crippen LogP contribution in [0.5, 0.6) is 0 Å². The third-order valence-corrected chi connectivity index (χ3v) is 3.51. The fourth-order valence-electron chi connectivity index (χ4n) is 1.56. The molecule has 0 aliphatic rings. The molecule has 90 valence electrons. The van der Waals surface area contributed by atoms with Crippen LogP contribution in [0.3, 0.4) is 0 Å². The fraction of sp³-hybridized carbons (Fsp3) is 0.583. The number of hydrogen-bond acceptors (Lipinski definition) is 3. The van der Waals surface area contributed by atoms with E-state index >= 15 is 0 Å². The summed E-state index contributed by atoms with van der Waals surface area (Å²) in [5.74, 6) is 0.788. The van der Waals surface area contributed by atoms with E-state index in [1.807, 2.05) is 19.9 Å². The van der Waals surface area contributed by atoms with Gasteiger partial charge in [0.2, 0.25) is 0 Å². The van der Waals surface area contributed by atoms with Gasteiger partial charge in [-0.3, -0.25) is 0 Å². The Kier molecular flexibility index (Phi) is 4.74. The van der Waals surface area contributed by atoms with Crippen molar-refractivity contribution in [3.63, 3.8) is 0 Å². The first kappa shape index (κ1) is 13.5. The van der Waals surface area contributed by atoms with Gasteiger partial charge in [0.15, 0.2) is 0 Å². The van der Waals surface area contributed by atoms with Crippen molar-refractivity contribution in [1.29, 1.82) is 0 Å². The summed E-state index contributed by atoms with van der Waals surface area (Å²) in [4.78, 5) is 4.23. The number of halogens is 1. The molecule has 0 saturated heterocycles. The molecule has 1 aromatic rings. The van der Waals surface area contributed by atoms with Gasteiger partial charge in [-0.1, -0.05) is 13.3 Å². The van der Waals surface area contributed by atoms with Crippen molar-refractivity contribution in [2.45, 2.75) is 39.2 Å². The number of nitrogens with zero attached hydrogens (tertiary/aromatic N) is 1. The van der Waals surface area contributed by atoms with Crippen molar-refractivity contribution >= 4 is 21.7 Å². The number of anilines is 1. The second kappa shape index (κ2) is 5.64. The van der Waals surface area contributed by atoms with Crippen LogP contribution in [0.15, 0.2) is 16.7 Å². The first-order chi connectivity index (χ1) is 7.46. The molecule has 4 heteroatoms. The SMILES string of the molecule is CCCC(C)(O)CNc1nccc(C)c1Br. The Morgan fingerprint density at radius 1 is 1.56 bits per heavy atom. The van der Waals surface area contributed by atoms with Crippen molar-refractivity contribution < 1.29 is 5.11 Å². The summed E-state index contributed by atoms with van der Waals surface area (Å²) in [6, 6.07) is 1.94. The molecule has 1 unspecified atom stereocenters. The van der Waals surface area contributed by atoms with Gasteiger partial charge in [-0.25, -0.2) is 4.98 Å². The number of hydrogen-bond donors (Lipinski definition) is 2. The minimum atomic E-state index is -0.681. The highest BCUT2D eigenvalue weighted by Gasteiger charge is 2.19. The molecule has 0 spiro atoms. The van der Waals surface area contributed by atoms with Gasteiger partial charge in [0.25, 0.3) is 0 Å². The Morgan fingerprint density at radius 2 is 2.25 bits per heavy atom. The van der Waals surface area contributed by atoms with Crippen LogP contribution < -0.4 is 5.32 Å². The third-order valence-electron chi connectivity index (χ3n) is 2.51. The van der Waals surface area contributed by atoms with Gasteiger partial charge in [0.1, 0.15) is 5.82 Å². The van der Waals surface area contributed by atoms with E-state index in [9.17, 15) is 5.11 Å². The van der Waals surface area contributed by atoms with Crippen molar-refractivity contribution in [2.75, 3.05) is 11.9 Å².